The molecule has 0 unspecified atom stereocenters. The van der Waals surface area contributed by atoms with Crippen LogP contribution in [0.5, 0.6) is 0 Å². The van der Waals surface area contributed by atoms with E-state index in [2.05, 4.69) is 5.32 Å². The van der Waals surface area contributed by atoms with Crippen LogP contribution >= 0.6 is 0 Å². The number of hydrogen-bond donors (Lipinski definition) is 1. The normalized spacial score (nSPS) is 20.9. The van der Waals surface area contributed by atoms with E-state index in [0.29, 0.717) is 31.9 Å². The van der Waals surface area contributed by atoms with Crippen LogP contribution < -0.4 is 5.32 Å². The summed E-state index contributed by atoms with van der Waals surface area (Å²) in [6.07, 6.45) is -4.68. The van der Waals surface area contributed by atoms with Crippen LogP contribution in [-0.4, -0.2) is 89.2 Å². The molecule has 3 aliphatic rings. The summed E-state index contributed by atoms with van der Waals surface area (Å²) in [5, 5.41) is 2.55. The smallest absolute Gasteiger partial charge is 0.339 e. The van der Waals surface area contributed by atoms with Crippen molar-refractivity contribution in [3.05, 3.63) is 46.7 Å². The van der Waals surface area contributed by atoms with Gasteiger partial charge in [0.1, 0.15) is 6.54 Å². The Balaban J connectivity index is 1.59. The summed E-state index contributed by atoms with van der Waals surface area (Å²) < 4.78 is 41.1. The summed E-state index contributed by atoms with van der Waals surface area (Å²) in [4.78, 5) is 56.3. The number of rotatable bonds is 4. The molecular weight excluding hydrogens is 467 g/mol. The van der Waals surface area contributed by atoms with E-state index in [-0.39, 0.29) is 42.6 Å². The molecule has 0 radical (unpaired) electrons. The molecule has 5 amide bonds. The number of alkyl halides is 3. The summed E-state index contributed by atoms with van der Waals surface area (Å²) >= 11 is 0. The molecule has 0 aliphatic carbocycles. The Bertz CT molecular complexity index is 1090. The molecular formula is C23H26F3N5O4. The maximum atomic E-state index is 13.7. The summed E-state index contributed by atoms with van der Waals surface area (Å²) in [5.74, 6) is -0.988. The van der Waals surface area contributed by atoms with Gasteiger partial charge in [-0.3, -0.25) is 19.3 Å². The standard InChI is InChI=1S/C23H26F3N5O4/c1-3-31-17-12-30(13-18(33)29-10-8-28(9-11-29)14(2)32)21(34)19(17)20(27-22(31)35)15-6-4-5-7-16(15)23(24,25)26/h4-7,20H,3,8-13H2,1-2H3,(H,27,35)/t20-/m0/s1. The SMILES string of the molecule is CCN1C(=O)N[C@@H](c2ccccc2C(F)(F)F)C2=C1CN(CC(=O)N1CCN(C(C)=O)CC1)C2=O. The van der Waals surface area contributed by atoms with Crippen LogP contribution in [0.1, 0.15) is 31.0 Å². The highest BCUT2D eigenvalue weighted by atomic mass is 19.4. The maximum Gasteiger partial charge on any atom is 0.416 e. The van der Waals surface area contributed by atoms with Gasteiger partial charge in [0.25, 0.3) is 5.91 Å². The monoisotopic (exact) mass is 493 g/mol. The minimum Gasteiger partial charge on any atom is -0.339 e. The van der Waals surface area contributed by atoms with Crippen molar-refractivity contribution in [2.24, 2.45) is 0 Å². The first-order valence-corrected chi connectivity index (χ1v) is 11.3. The van der Waals surface area contributed by atoms with Gasteiger partial charge in [-0.1, -0.05) is 18.2 Å². The number of likely N-dealkylation sites (N-methyl/N-ethyl adjacent to an activating group) is 1. The van der Waals surface area contributed by atoms with Crippen LogP contribution in [0.15, 0.2) is 35.5 Å². The van der Waals surface area contributed by atoms with Gasteiger partial charge in [-0.15, -0.1) is 0 Å². The first-order chi connectivity index (χ1) is 16.5. The quantitative estimate of drug-likeness (QED) is 0.690. The van der Waals surface area contributed by atoms with E-state index in [1.807, 2.05) is 0 Å². The fourth-order valence-electron chi connectivity index (χ4n) is 4.78. The molecule has 35 heavy (non-hydrogen) atoms. The number of hydrogen-bond acceptors (Lipinski definition) is 4. The van der Waals surface area contributed by atoms with E-state index in [4.69, 9.17) is 0 Å². The molecule has 4 rings (SSSR count). The highest BCUT2D eigenvalue weighted by Gasteiger charge is 2.46. The molecule has 0 spiro atoms. The molecule has 9 nitrogen and oxygen atoms in total. The number of carbonyl (C=O) groups excluding carboxylic acids is 4. The molecule has 0 aromatic heterocycles. The van der Waals surface area contributed by atoms with Crippen LogP contribution in [0.4, 0.5) is 18.0 Å². The van der Waals surface area contributed by atoms with Crippen molar-refractivity contribution in [1.82, 2.24) is 24.9 Å². The van der Waals surface area contributed by atoms with Crippen molar-refractivity contribution >= 4 is 23.8 Å². The Morgan fingerprint density at radius 1 is 1.06 bits per heavy atom. The van der Waals surface area contributed by atoms with Crippen LogP contribution in [0.25, 0.3) is 0 Å². The van der Waals surface area contributed by atoms with Crippen molar-refractivity contribution in [2.45, 2.75) is 26.1 Å². The average Bonchev–Trinajstić information content (AvgIpc) is 3.13. The lowest BCUT2D eigenvalue weighted by Gasteiger charge is -2.35. The molecule has 0 saturated carbocycles. The van der Waals surface area contributed by atoms with Gasteiger partial charge in [-0.05, 0) is 18.6 Å². The molecule has 188 valence electrons. The summed E-state index contributed by atoms with van der Waals surface area (Å²) in [5.41, 5.74) is -0.818. The Hall–Kier alpha value is -3.57. The molecule has 1 aromatic rings. The van der Waals surface area contributed by atoms with Gasteiger partial charge in [0, 0.05) is 39.6 Å². The van der Waals surface area contributed by atoms with Crippen molar-refractivity contribution in [3.8, 4) is 0 Å². The second-order valence-electron chi connectivity index (χ2n) is 8.62. The lowest BCUT2D eigenvalue weighted by molar-refractivity contribution is -0.141. The lowest BCUT2D eigenvalue weighted by Crippen LogP contribution is -2.52. The fraction of sp³-hybridized carbons (Fsp3) is 0.478. The van der Waals surface area contributed by atoms with Gasteiger partial charge in [0.15, 0.2) is 0 Å². The minimum atomic E-state index is -4.68. The highest BCUT2D eigenvalue weighted by molar-refractivity contribution is 6.03. The predicted octanol–water partition coefficient (Wildman–Crippen LogP) is 1.58. The third-order valence-corrected chi connectivity index (χ3v) is 6.59. The number of piperazine rings is 1. The largest absolute Gasteiger partial charge is 0.416 e. The molecule has 3 aliphatic heterocycles. The van der Waals surface area contributed by atoms with E-state index >= 15 is 0 Å². The Morgan fingerprint density at radius 3 is 2.29 bits per heavy atom. The van der Waals surface area contributed by atoms with E-state index in [1.165, 1.54) is 34.9 Å². The predicted molar refractivity (Wildman–Crippen MR) is 118 cm³/mol. The van der Waals surface area contributed by atoms with E-state index in [0.717, 1.165) is 6.07 Å². The van der Waals surface area contributed by atoms with Crippen LogP contribution in [0.2, 0.25) is 0 Å². The van der Waals surface area contributed by atoms with Gasteiger partial charge >= 0.3 is 12.2 Å². The highest BCUT2D eigenvalue weighted by Crippen LogP contribution is 2.41. The second-order valence-corrected chi connectivity index (χ2v) is 8.62. The van der Waals surface area contributed by atoms with Crippen molar-refractivity contribution < 1.29 is 32.3 Å². The van der Waals surface area contributed by atoms with Crippen LogP contribution in [-0.2, 0) is 20.6 Å². The minimum absolute atomic E-state index is 0.0392. The molecule has 1 N–H and O–H groups in total. The molecule has 3 heterocycles. The Labute approximate surface area is 200 Å². The van der Waals surface area contributed by atoms with Gasteiger partial charge < -0.3 is 20.0 Å². The van der Waals surface area contributed by atoms with Gasteiger partial charge in [-0.2, -0.15) is 13.2 Å². The lowest BCUT2D eigenvalue weighted by atomic mass is 9.91. The van der Waals surface area contributed by atoms with E-state index in [1.54, 1.807) is 16.7 Å². The zero-order valence-corrected chi connectivity index (χ0v) is 19.4. The van der Waals surface area contributed by atoms with Gasteiger partial charge in [0.2, 0.25) is 11.8 Å². The van der Waals surface area contributed by atoms with Crippen molar-refractivity contribution in [1.29, 1.82) is 0 Å². The number of halogens is 3. The van der Waals surface area contributed by atoms with Crippen LogP contribution in [0.3, 0.4) is 0 Å². The van der Waals surface area contributed by atoms with Crippen molar-refractivity contribution in [2.75, 3.05) is 45.8 Å². The van der Waals surface area contributed by atoms with Gasteiger partial charge in [-0.25, -0.2) is 4.79 Å². The Morgan fingerprint density at radius 2 is 1.69 bits per heavy atom. The van der Waals surface area contributed by atoms with Crippen molar-refractivity contribution in [3.63, 3.8) is 0 Å². The number of amides is 5. The molecule has 12 heteroatoms. The summed E-state index contributed by atoms with van der Waals surface area (Å²) in [7, 11) is 0. The summed E-state index contributed by atoms with van der Waals surface area (Å²) in [6.45, 7) is 4.47. The number of benzene rings is 1. The number of nitrogens with zero attached hydrogens (tertiary/aromatic N) is 4. The second kappa shape index (κ2) is 9.23. The maximum absolute atomic E-state index is 13.7. The van der Waals surface area contributed by atoms with Crippen LogP contribution in [0, 0.1) is 0 Å². The number of urea groups is 1. The fourth-order valence-corrected chi connectivity index (χ4v) is 4.78. The zero-order chi connectivity index (χ0) is 25.5. The first kappa shape index (κ1) is 24.6. The average molecular weight is 493 g/mol. The zero-order valence-electron chi connectivity index (χ0n) is 19.4. The summed E-state index contributed by atoms with van der Waals surface area (Å²) in [6, 6.07) is 2.94. The molecule has 1 atom stereocenters. The molecule has 1 fully saturated rings. The molecule has 1 aromatic carbocycles. The third-order valence-electron chi connectivity index (χ3n) is 6.59. The number of carbonyl (C=O) groups is 4. The third kappa shape index (κ3) is 4.56. The molecule has 0 bridgehead atoms. The first-order valence-electron chi connectivity index (χ1n) is 11.3. The van der Waals surface area contributed by atoms with E-state index < -0.39 is 29.7 Å². The van der Waals surface area contributed by atoms with E-state index in [9.17, 15) is 32.3 Å². The number of nitrogens with one attached hydrogen (secondary N) is 1. The van der Waals surface area contributed by atoms with Gasteiger partial charge in [0.05, 0.1) is 29.4 Å². The topological polar surface area (TPSA) is 93.3 Å². The Kier molecular flexibility index (Phi) is 6.48. The molecule has 1 saturated heterocycles.